The van der Waals surface area contributed by atoms with Gasteiger partial charge in [-0.15, -0.1) is 11.8 Å². The number of carbonyl (C=O) groups is 2. The van der Waals surface area contributed by atoms with E-state index in [1.807, 2.05) is 75.4 Å². The van der Waals surface area contributed by atoms with Gasteiger partial charge in [0.25, 0.3) is 5.69 Å². The molecule has 2 amide bonds. The van der Waals surface area contributed by atoms with Gasteiger partial charge in [-0.05, 0) is 47.4 Å². The van der Waals surface area contributed by atoms with E-state index in [-0.39, 0.29) is 22.9 Å². The van der Waals surface area contributed by atoms with Crippen molar-refractivity contribution in [2.45, 2.75) is 37.3 Å². The van der Waals surface area contributed by atoms with Crippen molar-refractivity contribution in [2.75, 3.05) is 10.6 Å². The van der Waals surface area contributed by atoms with Crippen molar-refractivity contribution in [3.8, 4) is 0 Å². The van der Waals surface area contributed by atoms with E-state index < -0.39 is 10.2 Å². The molecule has 0 fully saturated rings. The highest BCUT2D eigenvalue weighted by Crippen LogP contribution is 2.37. The van der Waals surface area contributed by atoms with Crippen molar-refractivity contribution in [3.05, 3.63) is 94.5 Å². The smallest absolute Gasteiger partial charge is 0.269 e. The average Bonchev–Trinajstić information content (AvgIpc) is 2.78. The fourth-order valence-corrected chi connectivity index (χ4v) is 4.24. The van der Waals surface area contributed by atoms with Crippen LogP contribution in [0.3, 0.4) is 0 Å². The molecule has 3 aromatic carbocycles. The van der Waals surface area contributed by atoms with E-state index in [1.54, 1.807) is 0 Å². The van der Waals surface area contributed by atoms with E-state index >= 15 is 0 Å². The molecule has 0 aliphatic heterocycles. The zero-order valence-corrected chi connectivity index (χ0v) is 20.1. The number of thioether (sulfide) groups is 1. The molecule has 0 saturated carbocycles. The Morgan fingerprint density at radius 1 is 0.882 bits per heavy atom. The summed E-state index contributed by atoms with van der Waals surface area (Å²) in [7, 11) is 0. The van der Waals surface area contributed by atoms with Crippen molar-refractivity contribution in [1.29, 1.82) is 0 Å². The van der Waals surface area contributed by atoms with Gasteiger partial charge < -0.3 is 10.6 Å². The van der Waals surface area contributed by atoms with Gasteiger partial charge in [0.05, 0.1) is 4.92 Å². The highest BCUT2D eigenvalue weighted by Gasteiger charge is 2.23. The maximum Gasteiger partial charge on any atom is 0.269 e. The minimum Gasteiger partial charge on any atom is -0.326 e. The first kappa shape index (κ1) is 25.0. The Bertz CT molecular complexity index is 1140. The minimum absolute atomic E-state index is 0.0401. The van der Waals surface area contributed by atoms with Crippen molar-refractivity contribution in [2.24, 2.45) is 5.41 Å². The second kappa shape index (κ2) is 11.0. The molecular weight excluding hydrogens is 450 g/mol. The second-order valence-corrected chi connectivity index (χ2v) is 10.2. The summed E-state index contributed by atoms with van der Waals surface area (Å²) in [6.07, 6.45) is 0.419. The number of non-ortho nitro benzene ring substituents is 1. The van der Waals surface area contributed by atoms with Gasteiger partial charge >= 0.3 is 0 Å². The van der Waals surface area contributed by atoms with Gasteiger partial charge in [0.15, 0.2) is 0 Å². The van der Waals surface area contributed by atoms with E-state index in [9.17, 15) is 19.7 Å². The molecule has 0 aliphatic rings. The highest BCUT2D eigenvalue weighted by atomic mass is 32.2. The number of nitro groups is 1. The molecular formula is C26H27N3O4S. The predicted molar refractivity (Wildman–Crippen MR) is 136 cm³/mol. The zero-order chi connectivity index (χ0) is 24.7. The number of benzene rings is 3. The summed E-state index contributed by atoms with van der Waals surface area (Å²) in [4.78, 5) is 36.6. The summed E-state index contributed by atoms with van der Waals surface area (Å²) >= 11 is 1.38. The Morgan fingerprint density at radius 2 is 1.44 bits per heavy atom. The Kier molecular flexibility index (Phi) is 8.07. The molecule has 1 unspecified atom stereocenters. The van der Waals surface area contributed by atoms with Crippen LogP contribution >= 0.6 is 11.8 Å². The highest BCUT2D eigenvalue weighted by molar-refractivity contribution is 8.00. The summed E-state index contributed by atoms with van der Waals surface area (Å²) < 4.78 is 0. The number of hydrogen-bond donors (Lipinski definition) is 2. The van der Waals surface area contributed by atoms with Crippen molar-refractivity contribution < 1.29 is 14.5 Å². The lowest BCUT2D eigenvalue weighted by molar-refractivity contribution is -0.384. The van der Waals surface area contributed by atoms with Crippen LogP contribution in [0.15, 0.2) is 83.8 Å². The van der Waals surface area contributed by atoms with Crippen LogP contribution in [0.5, 0.6) is 0 Å². The van der Waals surface area contributed by atoms with Crippen LogP contribution in [0, 0.1) is 15.5 Å². The second-order valence-electron chi connectivity index (χ2n) is 9.01. The first-order valence-electron chi connectivity index (χ1n) is 10.8. The third-order valence-corrected chi connectivity index (χ3v) is 6.04. The number of rotatable bonds is 8. The van der Waals surface area contributed by atoms with Crippen LogP contribution in [-0.2, 0) is 9.59 Å². The van der Waals surface area contributed by atoms with Gasteiger partial charge in [0, 0.05) is 34.8 Å². The number of carbonyl (C=O) groups excluding carboxylic acids is 2. The third-order valence-electron chi connectivity index (χ3n) is 4.77. The van der Waals surface area contributed by atoms with Crippen LogP contribution in [0.25, 0.3) is 0 Å². The van der Waals surface area contributed by atoms with Gasteiger partial charge in [0.2, 0.25) is 11.8 Å². The van der Waals surface area contributed by atoms with Gasteiger partial charge in [-0.2, -0.15) is 0 Å². The molecule has 3 rings (SSSR count). The SMILES string of the molecule is CC(C)(C)CC(=O)Nc1ccc(SC(C(=O)Nc2ccc([N+](=O)[O-])cc2)c2ccccc2)cc1. The van der Waals surface area contributed by atoms with E-state index in [0.29, 0.717) is 17.8 Å². The Hall–Kier alpha value is -3.65. The first-order chi connectivity index (χ1) is 16.1. The van der Waals surface area contributed by atoms with Crippen LogP contribution in [0.4, 0.5) is 17.1 Å². The Balaban J connectivity index is 1.73. The maximum absolute atomic E-state index is 13.2. The molecule has 34 heavy (non-hydrogen) atoms. The number of nitrogens with zero attached hydrogens (tertiary/aromatic N) is 1. The summed E-state index contributed by atoms with van der Waals surface area (Å²) in [6, 6.07) is 22.5. The van der Waals surface area contributed by atoms with Crippen LogP contribution in [0.2, 0.25) is 0 Å². The molecule has 0 aromatic heterocycles. The van der Waals surface area contributed by atoms with Crippen molar-refractivity contribution >= 4 is 40.6 Å². The van der Waals surface area contributed by atoms with E-state index in [2.05, 4.69) is 10.6 Å². The molecule has 3 aromatic rings. The van der Waals surface area contributed by atoms with E-state index in [4.69, 9.17) is 0 Å². The number of anilines is 2. The molecule has 1 atom stereocenters. The molecule has 0 bridgehead atoms. The van der Waals surface area contributed by atoms with E-state index in [0.717, 1.165) is 10.5 Å². The predicted octanol–water partition coefficient (Wildman–Crippen LogP) is 6.44. The lowest BCUT2D eigenvalue weighted by Crippen LogP contribution is -2.19. The quantitative estimate of drug-likeness (QED) is 0.221. The molecule has 0 spiro atoms. The molecule has 0 saturated heterocycles. The summed E-state index contributed by atoms with van der Waals surface area (Å²) in [5, 5.41) is 16.1. The topological polar surface area (TPSA) is 101 Å². The van der Waals surface area contributed by atoms with Crippen LogP contribution < -0.4 is 10.6 Å². The molecule has 2 N–H and O–H groups in total. The van der Waals surface area contributed by atoms with Gasteiger partial charge in [-0.25, -0.2) is 0 Å². The molecule has 0 radical (unpaired) electrons. The minimum atomic E-state index is -0.544. The molecule has 176 valence electrons. The summed E-state index contributed by atoms with van der Waals surface area (Å²) in [6.45, 7) is 6.04. The average molecular weight is 478 g/mol. The largest absolute Gasteiger partial charge is 0.326 e. The van der Waals surface area contributed by atoms with Gasteiger partial charge in [-0.3, -0.25) is 19.7 Å². The summed E-state index contributed by atoms with van der Waals surface area (Å²) in [5.41, 5.74) is 1.87. The Morgan fingerprint density at radius 3 is 2.00 bits per heavy atom. The fourth-order valence-electron chi connectivity index (χ4n) is 3.21. The summed E-state index contributed by atoms with van der Waals surface area (Å²) in [5.74, 6) is -0.287. The van der Waals surface area contributed by atoms with E-state index in [1.165, 1.54) is 36.0 Å². The number of amides is 2. The van der Waals surface area contributed by atoms with Crippen molar-refractivity contribution in [3.63, 3.8) is 0 Å². The Labute approximate surface area is 203 Å². The first-order valence-corrected chi connectivity index (χ1v) is 11.7. The van der Waals surface area contributed by atoms with Crippen LogP contribution in [0.1, 0.15) is 38.0 Å². The number of nitro benzene ring substituents is 1. The zero-order valence-electron chi connectivity index (χ0n) is 19.3. The number of hydrogen-bond acceptors (Lipinski definition) is 5. The lowest BCUT2D eigenvalue weighted by atomic mass is 9.92. The standard InChI is InChI=1S/C26H27N3O4S/c1-26(2,3)17-23(30)27-19-11-15-22(16-12-19)34-24(18-7-5-4-6-8-18)25(31)28-20-9-13-21(14-10-20)29(32)33/h4-16,24H,17H2,1-3H3,(H,27,30)(H,28,31). The number of nitrogens with one attached hydrogen (secondary N) is 2. The maximum atomic E-state index is 13.2. The molecule has 0 heterocycles. The lowest BCUT2D eigenvalue weighted by Gasteiger charge is -2.18. The van der Waals surface area contributed by atoms with Gasteiger partial charge in [0.1, 0.15) is 5.25 Å². The molecule has 8 heteroatoms. The molecule has 7 nitrogen and oxygen atoms in total. The monoisotopic (exact) mass is 477 g/mol. The van der Waals surface area contributed by atoms with Gasteiger partial charge in [-0.1, -0.05) is 51.1 Å². The normalized spacial score (nSPS) is 12.0. The van der Waals surface area contributed by atoms with Crippen molar-refractivity contribution in [1.82, 2.24) is 0 Å². The molecule has 0 aliphatic carbocycles. The fraction of sp³-hybridized carbons (Fsp3) is 0.231. The van der Waals surface area contributed by atoms with Crippen LogP contribution in [-0.4, -0.2) is 16.7 Å². The third kappa shape index (κ3) is 7.45.